The molecule has 0 unspecified atom stereocenters. The molecule has 0 aromatic heterocycles. The first-order valence-electron chi connectivity index (χ1n) is 8.76. The Morgan fingerprint density at radius 2 is 1.41 bits per heavy atom. The van der Waals surface area contributed by atoms with Gasteiger partial charge in [0.2, 0.25) is 0 Å². The maximum atomic E-state index is 11.3. The fraction of sp³-hybridized carbons (Fsp3) is 0.778. The molecule has 22 heavy (non-hydrogen) atoms. The van der Waals surface area contributed by atoms with Crippen LogP contribution < -0.4 is 5.32 Å². The van der Waals surface area contributed by atoms with Crippen LogP contribution in [0.25, 0.3) is 0 Å². The lowest BCUT2D eigenvalue weighted by molar-refractivity contribution is -0.143. The van der Waals surface area contributed by atoms with Crippen molar-refractivity contribution in [3.8, 4) is 0 Å². The first-order chi connectivity index (χ1) is 10.7. The molecule has 1 N–H and O–H groups in total. The lowest BCUT2D eigenvalue weighted by Crippen LogP contribution is -2.29. The zero-order chi connectivity index (χ0) is 16.5. The summed E-state index contributed by atoms with van der Waals surface area (Å²) in [5.74, 6) is -0.813. The van der Waals surface area contributed by atoms with Crippen molar-refractivity contribution in [1.29, 1.82) is 0 Å². The van der Waals surface area contributed by atoms with E-state index in [9.17, 15) is 9.59 Å². The van der Waals surface area contributed by atoms with Crippen molar-refractivity contribution in [2.24, 2.45) is 0 Å². The number of hydrogen-bond acceptors (Lipinski definition) is 3. The quantitative estimate of drug-likeness (QED) is 0.281. The molecule has 0 spiro atoms. The molecular formula is C18H33NO3. The van der Waals surface area contributed by atoms with E-state index in [0.717, 1.165) is 18.9 Å². The van der Waals surface area contributed by atoms with Crippen molar-refractivity contribution in [3.05, 3.63) is 12.7 Å². The second-order valence-electron chi connectivity index (χ2n) is 5.70. The van der Waals surface area contributed by atoms with Crippen LogP contribution in [0.5, 0.6) is 0 Å². The second-order valence-corrected chi connectivity index (χ2v) is 5.70. The van der Waals surface area contributed by atoms with E-state index in [-0.39, 0.29) is 12.5 Å². The Morgan fingerprint density at radius 3 is 1.91 bits per heavy atom. The van der Waals surface area contributed by atoms with Crippen molar-refractivity contribution in [2.45, 2.75) is 77.6 Å². The molecule has 0 aliphatic rings. The maximum Gasteiger partial charge on any atom is 0.330 e. The molecule has 0 saturated heterocycles. The number of carbonyl (C=O) groups excluding carboxylic acids is 2. The van der Waals surface area contributed by atoms with Crippen LogP contribution in [0, 0.1) is 0 Å². The molecule has 0 fully saturated rings. The van der Waals surface area contributed by atoms with Crippen LogP contribution in [0.2, 0.25) is 0 Å². The molecule has 0 aliphatic heterocycles. The Bertz CT molecular complexity index is 303. The Kier molecular flexibility index (Phi) is 15.1. The number of amides is 1. The van der Waals surface area contributed by atoms with Crippen molar-refractivity contribution >= 4 is 11.9 Å². The molecule has 0 radical (unpaired) electrons. The van der Waals surface area contributed by atoms with Gasteiger partial charge in [-0.05, 0) is 6.42 Å². The summed E-state index contributed by atoms with van der Waals surface area (Å²) in [5, 5.41) is 2.74. The van der Waals surface area contributed by atoms with Crippen LogP contribution in [0.3, 0.4) is 0 Å². The Balaban J connectivity index is 3.18. The third-order valence-electron chi connectivity index (χ3n) is 3.61. The number of nitrogens with one attached hydrogen (secondary N) is 1. The van der Waals surface area contributed by atoms with E-state index < -0.39 is 5.97 Å². The summed E-state index contributed by atoms with van der Waals surface area (Å²) in [6, 6.07) is 0. The van der Waals surface area contributed by atoms with E-state index in [1.54, 1.807) is 0 Å². The summed E-state index contributed by atoms with van der Waals surface area (Å²) >= 11 is 0. The van der Waals surface area contributed by atoms with Gasteiger partial charge >= 0.3 is 5.97 Å². The highest BCUT2D eigenvalue weighted by Crippen LogP contribution is 2.10. The van der Waals surface area contributed by atoms with Crippen LogP contribution in [-0.4, -0.2) is 25.0 Å². The highest BCUT2D eigenvalue weighted by molar-refractivity contribution is 5.85. The minimum Gasteiger partial charge on any atom is -0.452 e. The van der Waals surface area contributed by atoms with Crippen LogP contribution in [0.15, 0.2) is 12.7 Å². The lowest BCUT2D eigenvalue weighted by Gasteiger charge is -2.05. The molecule has 0 rings (SSSR count). The fourth-order valence-electron chi connectivity index (χ4n) is 2.26. The molecule has 0 saturated carbocycles. The highest BCUT2D eigenvalue weighted by Gasteiger charge is 2.03. The van der Waals surface area contributed by atoms with Crippen LogP contribution in [0.4, 0.5) is 0 Å². The molecule has 4 nitrogen and oxygen atoms in total. The van der Waals surface area contributed by atoms with Crippen LogP contribution in [0.1, 0.15) is 77.6 Å². The van der Waals surface area contributed by atoms with E-state index in [1.165, 1.54) is 57.8 Å². The number of esters is 1. The van der Waals surface area contributed by atoms with Crippen LogP contribution in [-0.2, 0) is 14.3 Å². The smallest absolute Gasteiger partial charge is 0.330 e. The molecule has 0 aliphatic carbocycles. The molecule has 0 aromatic rings. The summed E-state index contributed by atoms with van der Waals surface area (Å²) in [5.41, 5.74) is 0. The van der Waals surface area contributed by atoms with Crippen molar-refractivity contribution < 1.29 is 14.3 Å². The van der Waals surface area contributed by atoms with Gasteiger partial charge in [0.05, 0.1) is 0 Å². The van der Waals surface area contributed by atoms with Crippen molar-refractivity contribution in [3.63, 3.8) is 0 Å². The van der Waals surface area contributed by atoms with Gasteiger partial charge in [-0.3, -0.25) is 4.79 Å². The predicted molar refractivity (Wildman–Crippen MR) is 90.6 cm³/mol. The Hall–Kier alpha value is -1.32. The molecule has 0 bridgehead atoms. The normalized spacial score (nSPS) is 10.2. The van der Waals surface area contributed by atoms with Gasteiger partial charge < -0.3 is 10.1 Å². The van der Waals surface area contributed by atoms with E-state index >= 15 is 0 Å². The van der Waals surface area contributed by atoms with E-state index in [0.29, 0.717) is 6.54 Å². The minimum atomic E-state index is -0.565. The van der Waals surface area contributed by atoms with Gasteiger partial charge in [-0.2, -0.15) is 0 Å². The predicted octanol–water partition coefficient (Wildman–Crippen LogP) is 4.14. The average molecular weight is 311 g/mol. The summed E-state index contributed by atoms with van der Waals surface area (Å²) in [4.78, 5) is 22.1. The molecular weight excluding hydrogens is 278 g/mol. The van der Waals surface area contributed by atoms with Gasteiger partial charge in [0, 0.05) is 12.6 Å². The van der Waals surface area contributed by atoms with Gasteiger partial charge in [0.15, 0.2) is 6.61 Å². The maximum absolute atomic E-state index is 11.3. The van der Waals surface area contributed by atoms with Gasteiger partial charge in [-0.15, -0.1) is 0 Å². The minimum absolute atomic E-state index is 0.219. The lowest BCUT2D eigenvalue weighted by atomic mass is 10.1. The fourth-order valence-corrected chi connectivity index (χ4v) is 2.26. The summed E-state index contributed by atoms with van der Waals surface area (Å²) in [7, 11) is 0. The molecule has 4 heteroatoms. The van der Waals surface area contributed by atoms with Gasteiger partial charge in [0.25, 0.3) is 5.91 Å². The Morgan fingerprint density at radius 1 is 0.909 bits per heavy atom. The first kappa shape index (κ1) is 20.7. The topological polar surface area (TPSA) is 55.4 Å². The largest absolute Gasteiger partial charge is 0.452 e. The van der Waals surface area contributed by atoms with Gasteiger partial charge in [-0.25, -0.2) is 4.79 Å². The average Bonchev–Trinajstić information content (AvgIpc) is 2.53. The first-order valence-corrected chi connectivity index (χ1v) is 8.76. The zero-order valence-corrected chi connectivity index (χ0v) is 14.2. The van der Waals surface area contributed by atoms with Crippen LogP contribution >= 0.6 is 0 Å². The number of unbranched alkanes of at least 4 members (excludes halogenated alkanes) is 10. The number of ether oxygens (including phenoxy) is 1. The summed E-state index contributed by atoms with van der Waals surface area (Å²) in [6.07, 6.45) is 15.2. The zero-order valence-electron chi connectivity index (χ0n) is 14.2. The molecule has 0 aromatic carbocycles. The molecule has 0 heterocycles. The molecule has 0 atom stereocenters. The number of hydrogen-bond donors (Lipinski definition) is 1. The third kappa shape index (κ3) is 15.1. The monoisotopic (exact) mass is 311 g/mol. The highest BCUT2D eigenvalue weighted by atomic mass is 16.5. The van der Waals surface area contributed by atoms with Gasteiger partial charge in [-0.1, -0.05) is 77.7 Å². The Labute approximate surface area is 135 Å². The van der Waals surface area contributed by atoms with Crippen molar-refractivity contribution in [2.75, 3.05) is 13.2 Å². The summed E-state index contributed by atoms with van der Waals surface area (Å²) < 4.78 is 4.64. The van der Waals surface area contributed by atoms with E-state index in [1.807, 2.05) is 0 Å². The van der Waals surface area contributed by atoms with Crippen molar-refractivity contribution in [1.82, 2.24) is 5.32 Å². The molecule has 128 valence electrons. The SMILES string of the molecule is C=CC(=O)OCC(=O)NCCCCCCCCCCCCC. The number of rotatable bonds is 15. The van der Waals surface area contributed by atoms with E-state index in [2.05, 4.69) is 23.6 Å². The number of carbonyl (C=O) groups is 2. The standard InChI is InChI=1S/C18H33NO3/c1-3-5-6-7-8-9-10-11-12-13-14-15-19-17(20)16-22-18(21)4-2/h4H,2-3,5-16H2,1H3,(H,19,20). The summed E-state index contributed by atoms with van der Waals surface area (Å²) in [6.45, 7) is 5.95. The second kappa shape index (κ2) is 16.1. The van der Waals surface area contributed by atoms with E-state index in [4.69, 9.17) is 0 Å². The third-order valence-corrected chi connectivity index (χ3v) is 3.61. The van der Waals surface area contributed by atoms with Gasteiger partial charge in [0.1, 0.15) is 0 Å². The molecule has 1 amide bonds.